The highest BCUT2D eigenvalue weighted by atomic mass is 32.1. The molecule has 0 unspecified atom stereocenters. The molecule has 2 N–H and O–H groups in total. The number of rotatable bonds is 1. The maximum Gasteiger partial charge on any atom is 0.213 e. The first-order chi connectivity index (χ1) is 6.36. The first-order valence-corrected chi connectivity index (χ1v) is 4.45. The lowest BCUT2D eigenvalue weighted by Crippen LogP contribution is -1.74. The Morgan fingerprint density at radius 2 is 2.15 bits per heavy atom. The monoisotopic (exact) mass is 197 g/mol. The molecule has 0 aromatic carbocycles. The molecule has 0 radical (unpaired) electrons. The molecule has 0 saturated heterocycles. The van der Waals surface area contributed by atoms with Gasteiger partial charge in [0, 0.05) is 0 Å². The van der Waals surface area contributed by atoms with Crippen LogP contribution in [0.4, 0.5) is 0 Å². The van der Waals surface area contributed by atoms with E-state index in [0.717, 1.165) is 0 Å². The number of furan rings is 1. The second-order valence-corrected chi connectivity index (χ2v) is 2.38. The lowest BCUT2D eigenvalue weighted by Gasteiger charge is -1.83. The van der Waals surface area contributed by atoms with Gasteiger partial charge >= 0.3 is 0 Å². The van der Waals surface area contributed by atoms with Gasteiger partial charge in [-0.25, -0.2) is 0 Å². The number of nitrogens with zero attached hydrogens (tertiary/aromatic N) is 1. The Bertz CT molecular complexity index is 387. The minimum absolute atomic E-state index is 0.427. The van der Waals surface area contributed by atoms with Gasteiger partial charge in [-0.05, 0) is 24.4 Å². The lowest BCUT2D eigenvalue weighted by molar-refractivity contribution is 0.577. The molecule has 0 amide bonds. The van der Waals surface area contributed by atoms with Gasteiger partial charge in [0.25, 0.3) is 0 Å². The van der Waals surface area contributed by atoms with Crippen molar-refractivity contribution in [3.8, 4) is 11.6 Å². The van der Waals surface area contributed by atoms with E-state index in [1.807, 2.05) is 13.8 Å². The first-order valence-electron chi connectivity index (χ1n) is 4.05. The van der Waals surface area contributed by atoms with Crippen LogP contribution in [0.1, 0.15) is 13.8 Å². The third-order valence-corrected chi connectivity index (χ3v) is 1.45. The molecule has 2 rings (SSSR count). The van der Waals surface area contributed by atoms with Crippen molar-refractivity contribution in [3.63, 3.8) is 0 Å². The molecule has 4 nitrogen and oxygen atoms in total. The Hall–Kier alpha value is -1.36. The average molecular weight is 197 g/mol. The summed E-state index contributed by atoms with van der Waals surface area (Å²) in [6, 6.07) is 3.60. The summed E-state index contributed by atoms with van der Waals surface area (Å²) in [5.74, 6) is 1.30. The van der Waals surface area contributed by atoms with E-state index in [-0.39, 0.29) is 0 Å². The second kappa shape index (κ2) is 4.61. The molecule has 0 saturated carbocycles. The Kier molecular flexibility index (Phi) is 3.45. The topological polar surface area (TPSA) is 57.6 Å². The summed E-state index contributed by atoms with van der Waals surface area (Å²) in [6.07, 6.45) is 1.58. The Morgan fingerprint density at radius 3 is 2.62 bits per heavy atom. The highest BCUT2D eigenvalue weighted by Crippen LogP contribution is 2.12. The van der Waals surface area contributed by atoms with E-state index in [4.69, 9.17) is 16.6 Å². The van der Waals surface area contributed by atoms with Gasteiger partial charge in [-0.15, -0.1) is 0 Å². The van der Waals surface area contributed by atoms with Crippen molar-refractivity contribution in [1.82, 2.24) is 15.2 Å². The average Bonchev–Trinajstić information content (AvgIpc) is 2.77. The molecule has 0 aliphatic carbocycles. The Balaban J connectivity index is 0.000000396. The predicted molar refractivity (Wildman–Crippen MR) is 52.8 cm³/mol. The van der Waals surface area contributed by atoms with E-state index in [2.05, 4.69) is 15.2 Å². The Morgan fingerprint density at radius 1 is 1.38 bits per heavy atom. The van der Waals surface area contributed by atoms with Crippen LogP contribution in [0.25, 0.3) is 11.6 Å². The molecule has 0 aliphatic rings. The maximum absolute atomic E-state index is 5.07. The van der Waals surface area contributed by atoms with Crippen LogP contribution in [0, 0.1) is 4.77 Å². The zero-order chi connectivity index (χ0) is 9.68. The van der Waals surface area contributed by atoms with E-state index in [1.54, 1.807) is 18.4 Å². The molecule has 0 aliphatic heterocycles. The highest BCUT2D eigenvalue weighted by Gasteiger charge is 2.01. The van der Waals surface area contributed by atoms with Gasteiger partial charge in [-0.3, -0.25) is 10.2 Å². The van der Waals surface area contributed by atoms with Gasteiger partial charge in [-0.1, -0.05) is 13.8 Å². The first kappa shape index (κ1) is 9.73. The van der Waals surface area contributed by atoms with Gasteiger partial charge in [0.05, 0.1) is 6.26 Å². The summed E-state index contributed by atoms with van der Waals surface area (Å²) >= 11 is 4.77. The van der Waals surface area contributed by atoms with Crippen LogP contribution in [0.2, 0.25) is 0 Å². The molecule has 70 valence electrons. The molecule has 2 aromatic rings. The largest absolute Gasteiger partial charge is 0.461 e. The fourth-order valence-corrected chi connectivity index (χ4v) is 0.942. The van der Waals surface area contributed by atoms with Crippen molar-refractivity contribution in [2.24, 2.45) is 0 Å². The van der Waals surface area contributed by atoms with Gasteiger partial charge in [0.15, 0.2) is 11.6 Å². The van der Waals surface area contributed by atoms with Crippen LogP contribution in [0.3, 0.4) is 0 Å². The second-order valence-electron chi connectivity index (χ2n) is 1.99. The molecule has 0 bridgehead atoms. The standard InChI is InChI=1S/C6H5N3OS.C2H6/c11-6-7-5(8-9-6)4-2-1-3-10-4;1-2/h1-3H,(H2,7,8,9,11);1-2H3. The van der Waals surface area contributed by atoms with Crippen LogP contribution in [-0.4, -0.2) is 15.2 Å². The van der Waals surface area contributed by atoms with Crippen molar-refractivity contribution in [2.75, 3.05) is 0 Å². The summed E-state index contributed by atoms with van der Waals surface area (Å²) in [5.41, 5.74) is 0. The molecule has 5 heteroatoms. The third kappa shape index (κ3) is 2.29. The highest BCUT2D eigenvalue weighted by molar-refractivity contribution is 7.71. The molecule has 0 fully saturated rings. The Labute approximate surface area is 81.0 Å². The van der Waals surface area contributed by atoms with Gasteiger partial charge < -0.3 is 4.42 Å². The van der Waals surface area contributed by atoms with Crippen LogP contribution >= 0.6 is 12.2 Å². The fourth-order valence-electron chi connectivity index (χ4n) is 0.800. The van der Waals surface area contributed by atoms with Crippen molar-refractivity contribution in [2.45, 2.75) is 13.8 Å². The minimum Gasteiger partial charge on any atom is -0.461 e. The summed E-state index contributed by atoms with van der Waals surface area (Å²) in [7, 11) is 0. The molecule has 0 atom stereocenters. The van der Waals surface area contributed by atoms with Gasteiger partial charge in [-0.2, -0.15) is 4.98 Å². The smallest absolute Gasteiger partial charge is 0.213 e. The lowest BCUT2D eigenvalue weighted by atomic mass is 10.4. The molecular formula is C8H11N3OS. The van der Waals surface area contributed by atoms with E-state index in [9.17, 15) is 0 Å². The molecule has 2 heterocycles. The summed E-state index contributed by atoms with van der Waals surface area (Å²) in [6.45, 7) is 4.00. The van der Waals surface area contributed by atoms with Crippen molar-refractivity contribution < 1.29 is 4.42 Å². The van der Waals surface area contributed by atoms with Crippen LogP contribution in [0.5, 0.6) is 0 Å². The molecule has 0 spiro atoms. The number of hydrogen-bond donors (Lipinski definition) is 2. The molecule has 2 aromatic heterocycles. The number of hydrogen-bond acceptors (Lipinski definition) is 3. The number of H-pyrrole nitrogens is 2. The van der Waals surface area contributed by atoms with Crippen molar-refractivity contribution in [1.29, 1.82) is 0 Å². The van der Waals surface area contributed by atoms with Crippen molar-refractivity contribution in [3.05, 3.63) is 23.2 Å². The van der Waals surface area contributed by atoms with Crippen molar-refractivity contribution >= 4 is 12.2 Å². The predicted octanol–water partition coefficient (Wildman–Crippen LogP) is 2.75. The fraction of sp³-hybridized carbons (Fsp3) is 0.250. The van der Waals surface area contributed by atoms with E-state index in [1.165, 1.54) is 0 Å². The quantitative estimate of drug-likeness (QED) is 0.691. The maximum atomic E-state index is 5.07. The summed E-state index contributed by atoms with van der Waals surface area (Å²) in [5, 5.41) is 5.45. The SMILES string of the molecule is CC.S=c1nc(-c2ccco2)[nH][nH]1. The number of aromatic amines is 2. The number of aromatic nitrogens is 3. The van der Waals surface area contributed by atoms with Crippen LogP contribution in [-0.2, 0) is 0 Å². The summed E-state index contributed by atoms with van der Waals surface area (Å²) in [4.78, 5) is 3.96. The summed E-state index contributed by atoms with van der Waals surface area (Å²) < 4.78 is 5.50. The van der Waals surface area contributed by atoms with Crippen LogP contribution < -0.4 is 0 Å². The minimum atomic E-state index is 0.427. The van der Waals surface area contributed by atoms with E-state index in [0.29, 0.717) is 16.4 Å². The normalized spacial score (nSPS) is 9.08. The van der Waals surface area contributed by atoms with Gasteiger partial charge in [0.1, 0.15) is 0 Å². The van der Waals surface area contributed by atoms with E-state index >= 15 is 0 Å². The number of nitrogens with one attached hydrogen (secondary N) is 2. The van der Waals surface area contributed by atoms with Crippen LogP contribution in [0.15, 0.2) is 22.8 Å². The molecular weight excluding hydrogens is 186 g/mol. The van der Waals surface area contributed by atoms with Gasteiger partial charge in [0.2, 0.25) is 4.77 Å². The zero-order valence-electron chi connectivity index (χ0n) is 7.50. The molecule has 13 heavy (non-hydrogen) atoms. The third-order valence-electron chi connectivity index (χ3n) is 1.26. The van der Waals surface area contributed by atoms with E-state index < -0.39 is 0 Å². The zero-order valence-corrected chi connectivity index (χ0v) is 8.31.